The fraction of sp³-hybridized carbons (Fsp3) is 0.375. The molecule has 0 bridgehead atoms. The molecule has 0 fully saturated rings. The Kier molecular flexibility index (Phi) is 10.3. The van der Waals surface area contributed by atoms with E-state index in [1.165, 1.54) is 5.56 Å². The molecule has 0 atom stereocenters. The molecule has 58 valence electrons. The quantitative estimate of drug-likeness (QED) is 0.568. The number of aromatic nitrogens is 1. The van der Waals surface area contributed by atoms with Crippen molar-refractivity contribution in [2.75, 3.05) is 0 Å². The lowest BCUT2D eigenvalue weighted by atomic mass is 10.3. The Balaban J connectivity index is 0. The van der Waals surface area contributed by atoms with Crippen LogP contribution in [0.15, 0.2) is 24.5 Å². The third kappa shape index (κ3) is 5.57. The normalized spacial score (nSPS) is 6.70. The van der Waals surface area contributed by atoms with E-state index in [0.717, 1.165) is 0 Å². The smallest absolute Gasteiger partial charge is 0.0297 e. The molecule has 0 aromatic carbocycles. The molecule has 1 nitrogen and oxygen atoms in total. The second kappa shape index (κ2) is 8.44. The Morgan fingerprint density at radius 1 is 1.30 bits per heavy atom. The zero-order chi connectivity index (χ0) is 7.11. The monoisotopic (exact) mass is 159 g/mol. The van der Waals surface area contributed by atoms with Crippen LogP contribution < -0.4 is 0 Å². The summed E-state index contributed by atoms with van der Waals surface area (Å²) < 4.78 is 0. The predicted molar refractivity (Wildman–Crippen MR) is 47.6 cm³/mol. The molecule has 0 spiro atoms. The fourth-order valence-corrected chi connectivity index (χ4v) is 0.448. The van der Waals surface area contributed by atoms with Crippen molar-refractivity contribution in [3.8, 4) is 0 Å². The molecule has 0 aliphatic carbocycles. The van der Waals surface area contributed by atoms with E-state index in [4.69, 9.17) is 0 Å². The Morgan fingerprint density at radius 2 is 1.90 bits per heavy atom. The molecule has 0 aliphatic rings. The van der Waals surface area contributed by atoms with Gasteiger partial charge in [-0.3, -0.25) is 4.98 Å². The molecule has 1 aromatic rings. The van der Waals surface area contributed by atoms with Gasteiger partial charge in [-0.05, 0) is 18.6 Å². The number of nitrogens with zero attached hydrogens (tertiary/aromatic N) is 1. The van der Waals surface area contributed by atoms with Gasteiger partial charge in [0.1, 0.15) is 0 Å². The van der Waals surface area contributed by atoms with Gasteiger partial charge >= 0.3 is 0 Å². The Bertz CT molecular complexity index is 139. The van der Waals surface area contributed by atoms with E-state index < -0.39 is 0 Å². The topological polar surface area (TPSA) is 12.9 Å². The van der Waals surface area contributed by atoms with Crippen molar-refractivity contribution in [2.45, 2.75) is 20.8 Å². The number of aryl methyl sites for hydroxylation is 1. The summed E-state index contributed by atoms with van der Waals surface area (Å²) >= 11 is 0. The maximum absolute atomic E-state index is 3.88. The van der Waals surface area contributed by atoms with Gasteiger partial charge in [0.15, 0.2) is 0 Å². The van der Waals surface area contributed by atoms with Gasteiger partial charge in [-0.1, -0.05) is 19.9 Å². The van der Waals surface area contributed by atoms with E-state index in [9.17, 15) is 0 Å². The lowest BCUT2D eigenvalue weighted by Crippen LogP contribution is -1.69. The summed E-state index contributed by atoms with van der Waals surface area (Å²) in [6.45, 7) is 6.02. The first-order valence-corrected chi connectivity index (χ1v) is 3.26. The van der Waals surface area contributed by atoms with Crippen LogP contribution in [0.3, 0.4) is 0 Å². The van der Waals surface area contributed by atoms with E-state index in [1.54, 1.807) is 6.20 Å². The van der Waals surface area contributed by atoms with Gasteiger partial charge in [-0.15, -0.1) is 12.4 Å². The summed E-state index contributed by atoms with van der Waals surface area (Å²) in [6, 6.07) is 3.95. The first-order valence-electron chi connectivity index (χ1n) is 3.26. The van der Waals surface area contributed by atoms with Crippen LogP contribution in [-0.4, -0.2) is 4.98 Å². The molecule has 0 unspecified atom stereocenters. The number of hydrogen-bond acceptors (Lipinski definition) is 1. The van der Waals surface area contributed by atoms with Crippen LogP contribution in [0.2, 0.25) is 0 Å². The zero-order valence-corrected chi connectivity index (χ0v) is 7.48. The molecule has 2 heteroatoms. The molecule has 1 rings (SSSR count). The number of pyridine rings is 1. The van der Waals surface area contributed by atoms with Crippen LogP contribution in [0.25, 0.3) is 0 Å². The van der Waals surface area contributed by atoms with Gasteiger partial charge in [0.25, 0.3) is 0 Å². The number of rotatable bonds is 0. The maximum atomic E-state index is 3.88. The van der Waals surface area contributed by atoms with Crippen molar-refractivity contribution in [3.63, 3.8) is 0 Å². The average molecular weight is 160 g/mol. The molecule has 0 radical (unpaired) electrons. The second-order valence-electron chi connectivity index (χ2n) is 1.53. The SMILES string of the molecule is CC.Cc1cccnc1.Cl. The van der Waals surface area contributed by atoms with E-state index in [0.29, 0.717) is 0 Å². The molecule has 0 amide bonds. The largest absolute Gasteiger partial charge is 0.264 e. The van der Waals surface area contributed by atoms with Crippen LogP contribution >= 0.6 is 12.4 Å². The van der Waals surface area contributed by atoms with Crippen LogP contribution in [0.4, 0.5) is 0 Å². The summed E-state index contributed by atoms with van der Waals surface area (Å²) in [4.78, 5) is 3.88. The zero-order valence-electron chi connectivity index (χ0n) is 6.66. The Labute approximate surface area is 68.9 Å². The summed E-state index contributed by atoms with van der Waals surface area (Å²) in [7, 11) is 0. The summed E-state index contributed by atoms with van der Waals surface area (Å²) in [6.07, 6.45) is 3.60. The van der Waals surface area contributed by atoms with E-state index in [1.807, 2.05) is 39.1 Å². The Morgan fingerprint density at radius 3 is 2.10 bits per heavy atom. The molecule has 0 N–H and O–H groups in total. The van der Waals surface area contributed by atoms with Crippen molar-refractivity contribution >= 4 is 12.4 Å². The maximum Gasteiger partial charge on any atom is 0.0297 e. The lowest BCUT2D eigenvalue weighted by molar-refractivity contribution is 1.27. The molecule has 1 aromatic heterocycles. The summed E-state index contributed by atoms with van der Waals surface area (Å²) in [5.74, 6) is 0. The van der Waals surface area contributed by atoms with E-state index in [2.05, 4.69) is 4.98 Å². The fourth-order valence-electron chi connectivity index (χ4n) is 0.448. The third-order valence-electron chi connectivity index (χ3n) is 0.809. The van der Waals surface area contributed by atoms with Gasteiger partial charge < -0.3 is 0 Å². The molecular formula is C8H14ClN. The third-order valence-corrected chi connectivity index (χ3v) is 0.809. The molecule has 0 aliphatic heterocycles. The molecule has 1 heterocycles. The second-order valence-corrected chi connectivity index (χ2v) is 1.53. The van der Waals surface area contributed by atoms with Crippen LogP contribution in [-0.2, 0) is 0 Å². The number of halogens is 1. The molecular weight excluding hydrogens is 146 g/mol. The summed E-state index contributed by atoms with van der Waals surface area (Å²) in [5.41, 5.74) is 1.21. The highest BCUT2D eigenvalue weighted by Crippen LogP contribution is 1.88. The van der Waals surface area contributed by atoms with Crippen molar-refractivity contribution in [2.24, 2.45) is 0 Å². The number of hydrogen-bond donors (Lipinski definition) is 0. The van der Waals surface area contributed by atoms with Crippen LogP contribution in [0.5, 0.6) is 0 Å². The minimum Gasteiger partial charge on any atom is -0.264 e. The highest BCUT2D eigenvalue weighted by molar-refractivity contribution is 5.85. The van der Waals surface area contributed by atoms with Gasteiger partial charge in [-0.25, -0.2) is 0 Å². The molecule has 0 saturated carbocycles. The minimum atomic E-state index is 0. The standard InChI is InChI=1S/C6H7N.C2H6.ClH/c1-6-3-2-4-7-5-6;1-2;/h2-5H,1H3;1-2H3;1H. The van der Waals surface area contributed by atoms with Crippen LogP contribution in [0.1, 0.15) is 19.4 Å². The predicted octanol–water partition coefficient (Wildman–Crippen LogP) is 2.84. The summed E-state index contributed by atoms with van der Waals surface area (Å²) in [5, 5.41) is 0. The van der Waals surface area contributed by atoms with Gasteiger partial charge in [0.05, 0.1) is 0 Å². The highest BCUT2D eigenvalue weighted by atomic mass is 35.5. The van der Waals surface area contributed by atoms with E-state index >= 15 is 0 Å². The Hall–Kier alpha value is -0.560. The molecule has 10 heavy (non-hydrogen) atoms. The van der Waals surface area contributed by atoms with Gasteiger partial charge in [0, 0.05) is 12.4 Å². The van der Waals surface area contributed by atoms with Crippen molar-refractivity contribution in [1.29, 1.82) is 0 Å². The van der Waals surface area contributed by atoms with E-state index in [-0.39, 0.29) is 12.4 Å². The van der Waals surface area contributed by atoms with Crippen molar-refractivity contribution in [1.82, 2.24) is 4.98 Å². The van der Waals surface area contributed by atoms with Crippen molar-refractivity contribution < 1.29 is 0 Å². The minimum absolute atomic E-state index is 0. The highest BCUT2D eigenvalue weighted by Gasteiger charge is 1.73. The first-order chi connectivity index (χ1) is 4.39. The van der Waals surface area contributed by atoms with Gasteiger partial charge in [-0.2, -0.15) is 0 Å². The van der Waals surface area contributed by atoms with Crippen LogP contribution in [0, 0.1) is 6.92 Å². The lowest BCUT2D eigenvalue weighted by Gasteiger charge is -1.82. The average Bonchev–Trinajstić information content (AvgIpc) is 1.94. The molecule has 0 saturated heterocycles. The van der Waals surface area contributed by atoms with Gasteiger partial charge in [0.2, 0.25) is 0 Å². The first kappa shape index (κ1) is 12.1. The van der Waals surface area contributed by atoms with Crippen molar-refractivity contribution in [3.05, 3.63) is 30.1 Å².